The van der Waals surface area contributed by atoms with E-state index in [2.05, 4.69) is 4.90 Å². The number of rotatable bonds is 3. The summed E-state index contributed by atoms with van der Waals surface area (Å²) in [4.78, 5) is 16.4. The Morgan fingerprint density at radius 3 is 2.85 bits per heavy atom. The van der Waals surface area contributed by atoms with Crippen LogP contribution >= 0.6 is 0 Å². The van der Waals surface area contributed by atoms with Gasteiger partial charge in [0.1, 0.15) is 11.5 Å². The average molecular weight is 279 g/mol. The minimum atomic E-state index is -0.186. The van der Waals surface area contributed by atoms with E-state index >= 15 is 0 Å². The average Bonchev–Trinajstić information content (AvgIpc) is 2.46. The van der Waals surface area contributed by atoms with E-state index in [1.165, 1.54) is 13.2 Å². The standard InChI is InChI=1S/C14H21N3O3/c1-16-5-6-17(10(8-15)9-16)14(19)12-4-3-11(20-2)7-13(12)18/h3-4,7,10,18H,5-6,8-9,15H2,1-2H3. The SMILES string of the molecule is COc1ccc(C(=O)N2CCN(C)CC2CN)c(O)c1. The number of carbonyl (C=O) groups excluding carboxylic acids is 1. The zero-order valence-electron chi connectivity index (χ0n) is 11.9. The quantitative estimate of drug-likeness (QED) is 0.821. The number of benzene rings is 1. The molecule has 1 aliphatic heterocycles. The first-order chi connectivity index (χ1) is 9.56. The van der Waals surface area contributed by atoms with Crippen LogP contribution in [-0.2, 0) is 0 Å². The summed E-state index contributed by atoms with van der Waals surface area (Å²) in [6.07, 6.45) is 0. The van der Waals surface area contributed by atoms with Gasteiger partial charge in [-0.2, -0.15) is 0 Å². The van der Waals surface area contributed by atoms with Crippen LogP contribution in [0.3, 0.4) is 0 Å². The van der Waals surface area contributed by atoms with Gasteiger partial charge < -0.3 is 25.4 Å². The Morgan fingerprint density at radius 1 is 1.50 bits per heavy atom. The number of methoxy groups -OCH3 is 1. The molecule has 0 radical (unpaired) electrons. The van der Waals surface area contributed by atoms with Crippen molar-refractivity contribution in [3.63, 3.8) is 0 Å². The molecule has 1 heterocycles. The second kappa shape index (κ2) is 6.11. The first-order valence-corrected chi connectivity index (χ1v) is 6.63. The topological polar surface area (TPSA) is 79.0 Å². The molecule has 0 bridgehead atoms. The van der Waals surface area contributed by atoms with Crippen molar-refractivity contribution >= 4 is 5.91 Å². The molecular formula is C14H21N3O3. The molecule has 20 heavy (non-hydrogen) atoms. The zero-order chi connectivity index (χ0) is 14.7. The molecule has 1 amide bonds. The van der Waals surface area contributed by atoms with Gasteiger partial charge in [-0.15, -0.1) is 0 Å². The van der Waals surface area contributed by atoms with E-state index < -0.39 is 0 Å². The number of nitrogens with two attached hydrogens (primary N) is 1. The third-order valence-electron chi connectivity index (χ3n) is 3.65. The van der Waals surface area contributed by atoms with Crippen LogP contribution in [0.25, 0.3) is 0 Å². The summed E-state index contributed by atoms with van der Waals surface area (Å²) in [6, 6.07) is 4.67. The fourth-order valence-corrected chi connectivity index (χ4v) is 2.45. The van der Waals surface area contributed by atoms with Crippen molar-refractivity contribution in [2.75, 3.05) is 40.3 Å². The first kappa shape index (κ1) is 14.6. The number of likely N-dealkylation sites (N-methyl/N-ethyl adjacent to an activating group) is 1. The number of aromatic hydroxyl groups is 1. The molecule has 0 aliphatic carbocycles. The summed E-state index contributed by atoms with van der Waals surface area (Å²) in [5.74, 6) is 0.269. The van der Waals surface area contributed by atoms with Crippen LogP contribution in [0.4, 0.5) is 0 Å². The molecule has 1 unspecified atom stereocenters. The van der Waals surface area contributed by atoms with Gasteiger partial charge in [-0.05, 0) is 19.2 Å². The van der Waals surface area contributed by atoms with Crippen LogP contribution in [0.15, 0.2) is 18.2 Å². The van der Waals surface area contributed by atoms with E-state index in [4.69, 9.17) is 10.5 Å². The van der Waals surface area contributed by atoms with Gasteiger partial charge >= 0.3 is 0 Å². The monoisotopic (exact) mass is 279 g/mol. The Morgan fingerprint density at radius 2 is 2.25 bits per heavy atom. The fraction of sp³-hybridized carbons (Fsp3) is 0.500. The van der Waals surface area contributed by atoms with Gasteiger partial charge in [0.05, 0.1) is 18.7 Å². The van der Waals surface area contributed by atoms with Crippen LogP contribution in [0, 0.1) is 0 Å². The highest BCUT2D eigenvalue weighted by Gasteiger charge is 2.29. The van der Waals surface area contributed by atoms with Gasteiger partial charge in [0, 0.05) is 32.2 Å². The van der Waals surface area contributed by atoms with E-state index in [9.17, 15) is 9.90 Å². The van der Waals surface area contributed by atoms with Gasteiger partial charge in [0.25, 0.3) is 5.91 Å². The highest BCUT2D eigenvalue weighted by Crippen LogP contribution is 2.25. The van der Waals surface area contributed by atoms with Crippen molar-refractivity contribution in [2.24, 2.45) is 5.73 Å². The van der Waals surface area contributed by atoms with Crippen molar-refractivity contribution in [1.29, 1.82) is 0 Å². The predicted molar refractivity (Wildman–Crippen MR) is 76.0 cm³/mol. The van der Waals surface area contributed by atoms with Gasteiger partial charge in [-0.1, -0.05) is 0 Å². The number of hydrogen-bond acceptors (Lipinski definition) is 5. The lowest BCUT2D eigenvalue weighted by atomic mass is 10.1. The van der Waals surface area contributed by atoms with E-state index in [0.29, 0.717) is 18.8 Å². The predicted octanol–water partition coefficient (Wildman–Crippen LogP) is 0.116. The zero-order valence-corrected chi connectivity index (χ0v) is 11.9. The number of piperazine rings is 1. The van der Waals surface area contributed by atoms with Crippen molar-refractivity contribution in [1.82, 2.24) is 9.80 Å². The highest BCUT2D eigenvalue weighted by molar-refractivity contribution is 5.97. The largest absolute Gasteiger partial charge is 0.507 e. The smallest absolute Gasteiger partial charge is 0.257 e. The molecule has 0 aromatic heterocycles. The highest BCUT2D eigenvalue weighted by atomic mass is 16.5. The van der Waals surface area contributed by atoms with Crippen LogP contribution in [0.1, 0.15) is 10.4 Å². The molecule has 3 N–H and O–H groups in total. The van der Waals surface area contributed by atoms with Crippen molar-refractivity contribution < 1.29 is 14.6 Å². The van der Waals surface area contributed by atoms with Gasteiger partial charge in [0.2, 0.25) is 0 Å². The van der Waals surface area contributed by atoms with Gasteiger partial charge in [0.15, 0.2) is 0 Å². The lowest BCUT2D eigenvalue weighted by molar-refractivity contribution is 0.0513. The van der Waals surface area contributed by atoms with Crippen molar-refractivity contribution in [3.8, 4) is 11.5 Å². The van der Waals surface area contributed by atoms with Crippen molar-refractivity contribution in [2.45, 2.75) is 6.04 Å². The van der Waals surface area contributed by atoms with Crippen LogP contribution in [0.5, 0.6) is 11.5 Å². The molecular weight excluding hydrogens is 258 g/mol. The Bertz CT molecular complexity index is 493. The van der Waals surface area contributed by atoms with E-state index in [0.717, 1.165) is 13.1 Å². The summed E-state index contributed by atoms with van der Waals surface area (Å²) in [7, 11) is 3.52. The van der Waals surface area contributed by atoms with E-state index in [1.54, 1.807) is 17.0 Å². The molecule has 2 rings (SSSR count). The third kappa shape index (κ3) is 2.86. The van der Waals surface area contributed by atoms with Crippen LogP contribution in [-0.4, -0.2) is 67.2 Å². The maximum atomic E-state index is 12.5. The van der Waals surface area contributed by atoms with Crippen molar-refractivity contribution in [3.05, 3.63) is 23.8 Å². The summed E-state index contributed by atoms with van der Waals surface area (Å²) in [5, 5.41) is 9.97. The Hall–Kier alpha value is -1.79. The Labute approximate surface area is 118 Å². The lowest BCUT2D eigenvalue weighted by Crippen LogP contribution is -2.56. The molecule has 6 heteroatoms. The number of hydrogen-bond donors (Lipinski definition) is 2. The molecule has 1 aliphatic rings. The minimum Gasteiger partial charge on any atom is -0.507 e. The molecule has 1 fully saturated rings. The van der Waals surface area contributed by atoms with Crippen LogP contribution in [0.2, 0.25) is 0 Å². The molecule has 110 valence electrons. The Kier molecular flexibility index (Phi) is 4.46. The normalized spacial score (nSPS) is 19.9. The van der Waals surface area contributed by atoms with Gasteiger partial charge in [-0.3, -0.25) is 4.79 Å². The van der Waals surface area contributed by atoms with Gasteiger partial charge in [-0.25, -0.2) is 0 Å². The Balaban J connectivity index is 2.22. The second-order valence-corrected chi connectivity index (χ2v) is 5.03. The summed E-state index contributed by atoms with van der Waals surface area (Å²) < 4.78 is 5.02. The number of amides is 1. The second-order valence-electron chi connectivity index (χ2n) is 5.03. The number of phenols is 1. The summed E-state index contributed by atoms with van der Waals surface area (Å²) in [6.45, 7) is 2.58. The molecule has 1 saturated heterocycles. The summed E-state index contributed by atoms with van der Waals surface area (Å²) >= 11 is 0. The first-order valence-electron chi connectivity index (χ1n) is 6.63. The molecule has 1 aromatic carbocycles. The number of phenolic OH excluding ortho intramolecular Hbond substituents is 1. The lowest BCUT2D eigenvalue weighted by Gasteiger charge is -2.39. The number of carbonyl (C=O) groups is 1. The maximum Gasteiger partial charge on any atom is 0.257 e. The van der Waals surface area contributed by atoms with E-state index in [1.807, 2.05) is 7.05 Å². The maximum absolute atomic E-state index is 12.5. The van der Waals surface area contributed by atoms with Crippen LogP contribution < -0.4 is 10.5 Å². The third-order valence-corrected chi connectivity index (χ3v) is 3.65. The molecule has 6 nitrogen and oxygen atoms in total. The molecule has 0 spiro atoms. The number of ether oxygens (including phenoxy) is 1. The van der Waals surface area contributed by atoms with E-state index in [-0.39, 0.29) is 23.3 Å². The minimum absolute atomic E-state index is 0.0252. The number of nitrogens with zero attached hydrogens (tertiary/aromatic N) is 2. The molecule has 1 aromatic rings. The fourth-order valence-electron chi connectivity index (χ4n) is 2.45. The molecule has 0 saturated carbocycles. The summed E-state index contributed by atoms with van der Waals surface area (Å²) in [5.41, 5.74) is 6.04. The molecule has 1 atom stereocenters.